The second-order valence-corrected chi connectivity index (χ2v) is 10.0. The average Bonchev–Trinajstić information content (AvgIpc) is 3.08. The summed E-state index contributed by atoms with van der Waals surface area (Å²) in [7, 11) is 3.51. The van der Waals surface area contributed by atoms with E-state index in [2.05, 4.69) is 32.8 Å². The van der Waals surface area contributed by atoms with E-state index in [1.807, 2.05) is 24.3 Å². The van der Waals surface area contributed by atoms with Crippen LogP contribution in [0.3, 0.4) is 0 Å². The number of carbonyl (C=O) groups is 2. The van der Waals surface area contributed by atoms with Gasteiger partial charge in [-0.05, 0) is 60.1 Å². The highest BCUT2D eigenvalue weighted by atomic mass is 16.6. The Labute approximate surface area is 232 Å². The van der Waals surface area contributed by atoms with Gasteiger partial charge in [-0.15, -0.1) is 0 Å². The SMILES string of the molecule is COc1cc(-c2ccc3c(c2)Nc2ccc(CC(=O)NCCN4CCN(C)CC4)cc2NC3=O)ccc1[N+](=O)[O-]. The van der Waals surface area contributed by atoms with E-state index in [0.717, 1.165) is 43.9 Å². The molecule has 2 aliphatic rings. The summed E-state index contributed by atoms with van der Waals surface area (Å²) in [6.07, 6.45) is 0.213. The van der Waals surface area contributed by atoms with Crippen LogP contribution >= 0.6 is 0 Å². The molecule has 208 valence electrons. The van der Waals surface area contributed by atoms with Gasteiger partial charge in [0.15, 0.2) is 5.75 Å². The third-order valence-electron chi connectivity index (χ3n) is 7.29. The number of nitro groups is 1. The van der Waals surface area contributed by atoms with Crippen LogP contribution in [0.4, 0.5) is 22.7 Å². The monoisotopic (exact) mass is 544 g/mol. The summed E-state index contributed by atoms with van der Waals surface area (Å²) in [4.78, 5) is 41.0. The maximum atomic E-state index is 13.0. The topological polar surface area (TPSA) is 129 Å². The number of methoxy groups -OCH3 is 1. The molecule has 1 saturated heterocycles. The van der Waals surface area contributed by atoms with Crippen LogP contribution in [0.5, 0.6) is 5.75 Å². The fourth-order valence-corrected chi connectivity index (χ4v) is 4.95. The van der Waals surface area contributed by atoms with Crippen molar-refractivity contribution in [3.05, 3.63) is 75.8 Å². The summed E-state index contributed by atoms with van der Waals surface area (Å²) in [6.45, 7) is 5.53. The van der Waals surface area contributed by atoms with Gasteiger partial charge in [-0.3, -0.25) is 24.6 Å². The minimum absolute atomic E-state index is 0.0616. The van der Waals surface area contributed by atoms with Gasteiger partial charge in [-0.2, -0.15) is 0 Å². The van der Waals surface area contributed by atoms with Crippen molar-refractivity contribution >= 4 is 34.6 Å². The normalized spacial score (nSPS) is 15.2. The molecule has 0 aromatic heterocycles. The molecule has 3 N–H and O–H groups in total. The first-order valence-electron chi connectivity index (χ1n) is 13.2. The van der Waals surface area contributed by atoms with Crippen LogP contribution in [0, 0.1) is 10.1 Å². The molecule has 2 amide bonds. The molecule has 5 rings (SSSR count). The number of nitro benzene ring substituents is 1. The number of benzene rings is 3. The Hall–Kier alpha value is -4.48. The van der Waals surface area contributed by atoms with Crippen molar-refractivity contribution < 1.29 is 19.2 Å². The Kier molecular flexibility index (Phi) is 7.94. The summed E-state index contributed by atoms with van der Waals surface area (Å²) in [5.41, 5.74) is 4.49. The number of likely N-dealkylation sites (N-methyl/N-ethyl adjacent to an activating group) is 1. The van der Waals surface area contributed by atoms with E-state index in [0.29, 0.717) is 34.7 Å². The van der Waals surface area contributed by atoms with Gasteiger partial charge in [0.1, 0.15) is 0 Å². The van der Waals surface area contributed by atoms with Crippen molar-refractivity contribution in [2.24, 2.45) is 0 Å². The molecule has 0 radical (unpaired) electrons. The lowest BCUT2D eigenvalue weighted by molar-refractivity contribution is -0.385. The van der Waals surface area contributed by atoms with Crippen LogP contribution in [0.25, 0.3) is 11.1 Å². The maximum Gasteiger partial charge on any atom is 0.310 e. The van der Waals surface area contributed by atoms with Crippen LogP contribution in [0.15, 0.2) is 54.6 Å². The molecular formula is C29H32N6O5. The van der Waals surface area contributed by atoms with Crippen LogP contribution in [-0.2, 0) is 11.2 Å². The Bertz CT molecular complexity index is 1450. The van der Waals surface area contributed by atoms with Crippen molar-refractivity contribution in [2.75, 3.05) is 64.1 Å². The predicted molar refractivity (Wildman–Crippen MR) is 153 cm³/mol. The molecule has 11 heteroatoms. The van der Waals surface area contributed by atoms with Crippen molar-refractivity contribution in [1.29, 1.82) is 0 Å². The number of ether oxygens (including phenoxy) is 1. The van der Waals surface area contributed by atoms with E-state index in [4.69, 9.17) is 4.74 Å². The Morgan fingerprint density at radius 2 is 1.73 bits per heavy atom. The second kappa shape index (κ2) is 11.7. The maximum absolute atomic E-state index is 13.0. The van der Waals surface area contributed by atoms with Gasteiger partial charge in [-0.25, -0.2) is 0 Å². The van der Waals surface area contributed by atoms with Crippen molar-refractivity contribution in [3.8, 4) is 16.9 Å². The highest BCUT2D eigenvalue weighted by Crippen LogP contribution is 2.37. The quantitative estimate of drug-likeness (QED) is 0.290. The molecule has 0 aliphatic carbocycles. The molecule has 11 nitrogen and oxygen atoms in total. The van der Waals surface area contributed by atoms with Gasteiger partial charge in [0.2, 0.25) is 5.91 Å². The molecule has 0 bridgehead atoms. The van der Waals surface area contributed by atoms with Crippen LogP contribution < -0.4 is 20.7 Å². The number of carbonyl (C=O) groups excluding carboxylic acids is 2. The molecular weight excluding hydrogens is 512 g/mol. The number of anilines is 3. The van der Waals surface area contributed by atoms with Gasteiger partial charge >= 0.3 is 5.69 Å². The largest absolute Gasteiger partial charge is 0.490 e. The number of piperazine rings is 1. The number of hydrogen-bond acceptors (Lipinski definition) is 8. The first-order chi connectivity index (χ1) is 19.3. The molecule has 0 saturated carbocycles. The van der Waals surface area contributed by atoms with E-state index in [1.165, 1.54) is 13.2 Å². The fraction of sp³-hybridized carbons (Fsp3) is 0.310. The first kappa shape index (κ1) is 27.1. The third kappa shape index (κ3) is 6.05. The molecule has 0 unspecified atom stereocenters. The molecule has 0 atom stereocenters. The smallest absolute Gasteiger partial charge is 0.310 e. The van der Waals surface area contributed by atoms with E-state index >= 15 is 0 Å². The van der Waals surface area contributed by atoms with Crippen molar-refractivity contribution in [1.82, 2.24) is 15.1 Å². The molecule has 2 heterocycles. The first-order valence-corrected chi connectivity index (χ1v) is 13.2. The zero-order valence-corrected chi connectivity index (χ0v) is 22.5. The highest BCUT2D eigenvalue weighted by molar-refractivity contribution is 6.12. The van der Waals surface area contributed by atoms with Crippen molar-refractivity contribution in [2.45, 2.75) is 6.42 Å². The minimum atomic E-state index is -0.491. The average molecular weight is 545 g/mol. The highest BCUT2D eigenvalue weighted by Gasteiger charge is 2.22. The summed E-state index contributed by atoms with van der Waals surface area (Å²) in [5, 5.41) is 20.5. The summed E-state index contributed by atoms with van der Waals surface area (Å²) < 4.78 is 5.20. The van der Waals surface area contributed by atoms with E-state index in [1.54, 1.807) is 24.3 Å². The number of nitrogens with one attached hydrogen (secondary N) is 3. The van der Waals surface area contributed by atoms with Gasteiger partial charge in [0, 0.05) is 45.3 Å². The lowest BCUT2D eigenvalue weighted by Gasteiger charge is -2.32. The van der Waals surface area contributed by atoms with Crippen LogP contribution in [0.2, 0.25) is 0 Å². The number of fused-ring (bicyclic) bond motifs is 2. The van der Waals surface area contributed by atoms with Crippen molar-refractivity contribution in [3.63, 3.8) is 0 Å². The lowest BCUT2D eigenvalue weighted by Crippen LogP contribution is -2.47. The van der Waals surface area contributed by atoms with E-state index < -0.39 is 4.92 Å². The van der Waals surface area contributed by atoms with Gasteiger partial charge in [0.05, 0.1) is 41.1 Å². The molecule has 3 aromatic rings. The Morgan fingerprint density at radius 1 is 0.975 bits per heavy atom. The Morgan fingerprint density at radius 3 is 2.48 bits per heavy atom. The summed E-state index contributed by atoms with van der Waals surface area (Å²) >= 11 is 0. The third-order valence-corrected chi connectivity index (χ3v) is 7.29. The molecule has 1 fully saturated rings. The van der Waals surface area contributed by atoms with Crippen LogP contribution in [-0.4, -0.2) is 80.0 Å². The Balaban J connectivity index is 1.27. The molecule has 3 aromatic carbocycles. The summed E-state index contributed by atoms with van der Waals surface area (Å²) in [6, 6.07) is 15.5. The number of hydrogen-bond donors (Lipinski definition) is 3. The van der Waals surface area contributed by atoms with Crippen LogP contribution in [0.1, 0.15) is 15.9 Å². The number of rotatable bonds is 8. The van der Waals surface area contributed by atoms with Gasteiger partial charge < -0.3 is 25.6 Å². The molecule has 40 heavy (non-hydrogen) atoms. The zero-order chi connectivity index (χ0) is 28.2. The lowest BCUT2D eigenvalue weighted by atomic mass is 10.0. The molecule has 2 aliphatic heterocycles. The fourth-order valence-electron chi connectivity index (χ4n) is 4.95. The molecule has 0 spiro atoms. The zero-order valence-electron chi connectivity index (χ0n) is 22.5. The van der Waals surface area contributed by atoms with E-state index in [9.17, 15) is 19.7 Å². The van der Waals surface area contributed by atoms with Gasteiger partial charge in [0.25, 0.3) is 5.91 Å². The number of nitrogens with zero attached hydrogens (tertiary/aromatic N) is 3. The summed E-state index contributed by atoms with van der Waals surface area (Å²) in [5.74, 6) is -0.180. The standard InChI is InChI=1S/C29H32N6O5/c1-33-11-13-34(14-12-33)10-9-30-28(36)16-19-3-7-23-25(15-19)32-29(37)22-6-4-20(17-24(22)31-23)21-5-8-26(35(38)39)27(18-21)40-2/h3-8,15,17-18,31H,9-14,16H2,1-2H3,(H,30,36)(H,32,37). The predicted octanol–water partition coefficient (Wildman–Crippen LogP) is 3.49. The minimum Gasteiger partial charge on any atom is -0.490 e. The van der Waals surface area contributed by atoms with Gasteiger partial charge in [-0.1, -0.05) is 12.1 Å². The van der Waals surface area contributed by atoms with E-state index in [-0.39, 0.29) is 29.7 Å². The number of amides is 2. The second-order valence-electron chi connectivity index (χ2n) is 10.0.